The molecular weight excluding hydrogens is 902 g/mol. The van der Waals surface area contributed by atoms with Crippen LogP contribution in [0.25, 0.3) is 11.3 Å². The number of aromatic hydroxyl groups is 1. The first-order chi connectivity index (χ1) is 34.1. The average Bonchev–Trinajstić information content (AvgIpc) is 3.78. The number of aromatic nitrogens is 4. The van der Waals surface area contributed by atoms with Gasteiger partial charge in [0, 0.05) is 81.2 Å². The van der Waals surface area contributed by atoms with Crippen LogP contribution < -0.4 is 25.8 Å². The highest BCUT2D eigenvalue weighted by atomic mass is 19.1. The first-order valence-electron chi connectivity index (χ1n) is 25.4. The molecule has 10 rings (SSSR count). The van der Waals surface area contributed by atoms with Crippen molar-refractivity contribution in [2.45, 2.75) is 121 Å². The van der Waals surface area contributed by atoms with E-state index in [1.54, 1.807) is 12.1 Å². The molecule has 0 unspecified atom stereocenters. The minimum Gasteiger partial charge on any atom is -0.504 e. The highest BCUT2D eigenvalue weighted by Crippen LogP contribution is 2.55. The Morgan fingerprint density at radius 1 is 0.944 bits per heavy atom. The zero-order valence-electron chi connectivity index (χ0n) is 41.0. The molecule has 2 aliphatic carbocycles. The van der Waals surface area contributed by atoms with Crippen molar-refractivity contribution in [3.63, 3.8) is 0 Å². The van der Waals surface area contributed by atoms with Crippen molar-refractivity contribution in [2.75, 3.05) is 60.9 Å². The smallest absolute Gasteiger partial charge is 0.246 e. The van der Waals surface area contributed by atoms with Crippen molar-refractivity contribution in [1.29, 1.82) is 0 Å². The summed E-state index contributed by atoms with van der Waals surface area (Å²) in [6, 6.07) is 12.6. The third kappa shape index (κ3) is 9.97. The number of nitrogens with zero attached hydrogens (tertiary/aromatic N) is 8. The molecule has 5 N–H and O–H groups in total. The second kappa shape index (κ2) is 19.7. The van der Waals surface area contributed by atoms with Crippen LogP contribution in [0.2, 0.25) is 0 Å². The standard InChI is InChI=1S/C54H66FN11O5/c1-5-33-9-11-34(12-10-33)27-57-50(70)45-23-40(67)32-66(45)51(71)47(53(2,3)4)60-49(69)36-13-17-54(18-14-36)25-38(26-54)63-19-15-35(16-20-63)37-28-58-52(59-29-37)64-21-22-65-39(31-64)30-56-48-44(65)24-43(61-62-48)41-7-6-8-42(55)46(41)68/h1,6-12,24,28-29,35-36,38-40,45,47,67-68H,13-23,25-27,30-32H2,2-4H3,(H,56,62)(H,57,70)(H,60,69)/t36?,38?,39-,40+,45-,47+,54?/m0/s1. The van der Waals surface area contributed by atoms with E-state index in [0.717, 1.165) is 107 Å². The molecule has 0 bridgehead atoms. The van der Waals surface area contributed by atoms with Crippen LogP contribution in [0.1, 0.15) is 101 Å². The van der Waals surface area contributed by atoms with Crippen LogP contribution in [0.5, 0.6) is 5.75 Å². The molecule has 2 saturated carbocycles. The lowest BCUT2D eigenvalue weighted by molar-refractivity contribution is -0.145. The van der Waals surface area contributed by atoms with Gasteiger partial charge in [-0.1, -0.05) is 44.9 Å². The number of phenolic OH excluding ortho intramolecular Hbond substituents is 1. The molecule has 4 aliphatic heterocycles. The number of aliphatic hydroxyl groups is 1. The third-order valence-corrected chi connectivity index (χ3v) is 16.4. The predicted octanol–water partition coefficient (Wildman–Crippen LogP) is 5.21. The summed E-state index contributed by atoms with van der Waals surface area (Å²) in [4.78, 5) is 60.0. The van der Waals surface area contributed by atoms with Gasteiger partial charge in [0.15, 0.2) is 17.4 Å². The summed E-state index contributed by atoms with van der Waals surface area (Å²) in [5.41, 5.74) is 4.05. The maximum Gasteiger partial charge on any atom is 0.246 e. The summed E-state index contributed by atoms with van der Waals surface area (Å²) in [5, 5.41) is 39.1. The van der Waals surface area contributed by atoms with Gasteiger partial charge in [-0.3, -0.25) is 14.4 Å². The van der Waals surface area contributed by atoms with Gasteiger partial charge in [0.1, 0.15) is 12.1 Å². The van der Waals surface area contributed by atoms with Gasteiger partial charge in [-0.05, 0) is 123 Å². The number of rotatable bonds is 10. The number of piperazine rings is 1. The maximum absolute atomic E-state index is 14.2. The molecule has 6 heterocycles. The number of fused-ring (bicyclic) bond motifs is 3. The summed E-state index contributed by atoms with van der Waals surface area (Å²) in [7, 11) is 0. The Bertz CT molecular complexity index is 2650. The van der Waals surface area contributed by atoms with Crippen molar-refractivity contribution < 1.29 is 29.0 Å². The summed E-state index contributed by atoms with van der Waals surface area (Å²) < 4.78 is 14.1. The van der Waals surface area contributed by atoms with E-state index in [-0.39, 0.29) is 54.6 Å². The first kappa shape index (κ1) is 48.3. The normalized spacial score (nSPS) is 26.1. The van der Waals surface area contributed by atoms with E-state index in [1.807, 2.05) is 63.5 Å². The number of aliphatic hydroxyl groups excluding tert-OH is 1. The molecule has 1 spiro atoms. The summed E-state index contributed by atoms with van der Waals surface area (Å²) in [5.74, 6) is 2.30. The van der Waals surface area contributed by atoms with Crippen LogP contribution >= 0.6 is 0 Å². The van der Waals surface area contributed by atoms with E-state index in [2.05, 4.69) is 46.8 Å². The minimum atomic E-state index is -0.848. The lowest BCUT2D eigenvalue weighted by atomic mass is 9.56. The number of anilines is 3. The summed E-state index contributed by atoms with van der Waals surface area (Å²) >= 11 is 0. The number of phenols is 1. The predicted molar refractivity (Wildman–Crippen MR) is 268 cm³/mol. The highest BCUT2D eigenvalue weighted by Gasteiger charge is 2.50. The summed E-state index contributed by atoms with van der Waals surface area (Å²) in [6.45, 7) is 11.0. The van der Waals surface area contributed by atoms with Gasteiger partial charge in [-0.2, -0.15) is 0 Å². The number of terminal acetylenes is 1. The van der Waals surface area contributed by atoms with Crippen molar-refractivity contribution in [2.24, 2.45) is 16.7 Å². The minimum absolute atomic E-state index is 0.0353. The molecule has 16 nitrogen and oxygen atoms in total. The first-order valence-corrected chi connectivity index (χ1v) is 25.4. The number of carbonyl (C=O) groups is 3. The molecular formula is C54H66FN11O5. The molecule has 17 heteroatoms. The van der Waals surface area contributed by atoms with Crippen LogP contribution in [0.15, 0.2) is 60.9 Å². The van der Waals surface area contributed by atoms with E-state index < -0.39 is 35.2 Å². The van der Waals surface area contributed by atoms with Crippen molar-refractivity contribution in [3.8, 4) is 29.4 Å². The Kier molecular flexibility index (Phi) is 13.4. The van der Waals surface area contributed by atoms with Gasteiger partial charge >= 0.3 is 0 Å². The van der Waals surface area contributed by atoms with Crippen LogP contribution in [0.3, 0.4) is 0 Å². The number of nitrogens with one attached hydrogen (secondary N) is 3. The van der Waals surface area contributed by atoms with E-state index in [9.17, 15) is 29.0 Å². The number of likely N-dealkylation sites (tertiary alicyclic amines) is 2. The fourth-order valence-corrected chi connectivity index (χ4v) is 12.1. The van der Waals surface area contributed by atoms with Gasteiger partial charge in [0.2, 0.25) is 23.7 Å². The second-order valence-electron chi connectivity index (χ2n) is 22.0. The topological polar surface area (TPSA) is 192 Å². The molecule has 4 aromatic rings. The van der Waals surface area contributed by atoms with Gasteiger partial charge in [-0.15, -0.1) is 16.6 Å². The Morgan fingerprint density at radius 3 is 2.38 bits per heavy atom. The number of amides is 3. The zero-order chi connectivity index (χ0) is 49.6. The number of carbonyl (C=O) groups excluding carboxylic acids is 3. The number of para-hydroxylation sites is 1. The number of piperidine rings is 1. The van der Waals surface area contributed by atoms with Gasteiger partial charge in [0.05, 0.1) is 23.5 Å². The maximum atomic E-state index is 14.2. The Hall–Kier alpha value is -6.38. The van der Waals surface area contributed by atoms with E-state index in [0.29, 0.717) is 35.6 Å². The lowest BCUT2D eigenvalue weighted by Crippen LogP contribution is -2.59. The number of hydrogen-bond acceptors (Lipinski definition) is 13. The van der Waals surface area contributed by atoms with Gasteiger partial charge in [0.25, 0.3) is 0 Å². The molecule has 4 atom stereocenters. The Balaban J connectivity index is 0.668. The van der Waals surface area contributed by atoms with E-state index in [1.165, 1.54) is 16.5 Å². The fourth-order valence-electron chi connectivity index (χ4n) is 12.1. The largest absolute Gasteiger partial charge is 0.504 e. The number of halogens is 1. The Morgan fingerprint density at radius 2 is 1.68 bits per heavy atom. The van der Waals surface area contributed by atoms with E-state index >= 15 is 0 Å². The van der Waals surface area contributed by atoms with Crippen LogP contribution in [0, 0.1) is 34.9 Å². The molecule has 71 heavy (non-hydrogen) atoms. The van der Waals surface area contributed by atoms with Crippen molar-refractivity contribution in [3.05, 3.63) is 83.4 Å². The molecule has 5 fully saturated rings. The number of benzene rings is 2. The SMILES string of the molecule is C#Cc1ccc(CNC(=O)[C@@H]2C[C@@H](O)CN2C(=O)[C@@H](NC(=O)C2CCC3(CC2)CC(N2CCC(c4cnc(N5CCN6c7cc(-c8cccc(F)c8O)nnc7NC[C@H]6C5)nc4)CC2)C3)C(C)(C)C)cc1. The fraction of sp³-hybridized carbons (Fsp3) is 0.537. The van der Waals surface area contributed by atoms with Crippen LogP contribution in [0.4, 0.5) is 21.8 Å². The van der Waals surface area contributed by atoms with Crippen LogP contribution in [-0.4, -0.2) is 134 Å². The molecule has 3 saturated heterocycles. The molecule has 2 aromatic heterocycles. The van der Waals surface area contributed by atoms with Gasteiger partial charge in [-0.25, -0.2) is 14.4 Å². The third-order valence-electron chi connectivity index (χ3n) is 16.4. The summed E-state index contributed by atoms with van der Waals surface area (Å²) in [6.07, 6.45) is 16.8. The molecule has 374 valence electrons. The molecule has 2 aromatic carbocycles. The van der Waals surface area contributed by atoms with Gasteiger partial charge < -0.3 is 45.8 Å². The van der Waals surface area contributed by atoms with E-state index in [4.69, 9.17) is 16.4 Å². The number of hydrogen-bond donors (Lipinski definition) is 5. The Labute approximate surface area is 415 Å². The monoisotopic (exact) mass is 968 g/mol. The van der Waals surface area contributed by atoms with Crippen molar-refractivity contribution >= 4 is 35.2 Å². The molecule has 3 amide bonds. The van der Waals surface area contributed by atoms with Crippen LogP contribution in [-0.2, 0) is 20.9 Å². The second-order valence-corrected chi connectivity index (χ2v) is 22.0. The average molecular weight is 968 g/mol. The highest BCUT2D eigenvalue weighted by molar-refractivity contribution is 5.93. The molecule has 0 radical (unpaired) electrons. The quantitative estimate of drug-likeness (QED) is 0.130. The lowest BCUT2D eigenvalue weighted by Gasteiger charge is -2.55. The zero-order valence-corrected chi connectivity index (χ0v) is 41.0. The number of β-amino-alcohol motifs (C(OH)–C–C–N with tert-alkyl or cyclic N) is 1. The molecule has 6 aliphatic rings. The van der Waals surface area contributed by atoms with Crippen molar-refractivity contribution in [1.82, 2.24) is 40.6 Å².